The van der Waals surface area contributed by atoms with Crippen molar-refractivity contribution in [3.8, 4) is 0 Å². The normalized spacial score (nSPS) is 11.3. The highest BCUT2D eigenvalue weighted by Gasteiger charge is 2.23. The minimum absolute atomic E-state index is 0.0156. The average Bonchev–Trinajstić information content (AvgIpc) is 2.75. The van der Waals surface area contributed by atoms with E-state index >= 15 is 0 Å². The summed E-state index contributed by atoms with van der Waals surface area (Å²) in [6.45, 7) is 0. The molecule has 1 aromatic carbocycles. The van der Waals surface area contributed by atoms with Gasteiger partial charge in [0, 0.05) is 4.47 Å². The van der Waals surface area contributed by atoms with Gasteiger partial charge in [0.05, 0.1) is 5.69 Å². The summed E-state index contributed by atoms with van der Waals surface area (Å²) in [5.74, 6) is -2.56. The van der Waals surface area contributed by atoms with E-state index in [0.717, 1.165) is 17.4 Å². The molecule has 1 heterocycles. The second-order valence-electron chi connectivity index (χ2n) is 3.63. The van der Waals surface area contributed by atoms with Gasteiger partial charge in [0.1, 0.15) is 11.4 Å². The standard InChI is InChI=1S/C11H7BrFNO4S2/c12-6-4-5-19-11(6)20(17,18)14-8-3-1-2-7(13)9(8)10(15)16/h1-5,14H,(H,15,16). The fraction of sp³-hybridized carbons (Fsp3) is 0. The molecule has 2 aromatic rings. The molecule has 5 nitrogen and oxygen atoms in total. The number of carboxylic acids is 1. The Bertz CT molecular complexity index is 772. The fourth-order valence-corrected chi connectivity index (χ4v) is 4.90. The van der Waals surface area contributed by atoms with Crippen molar-refractivity contribution in [3.63, 3.8) is 0 Å². The number of nitrogens with one attached hydrogen (secondary N) is 1. The second kappa shape index (κ2) is 5.51. The number of hydrogen-bond donors (Lipinski definition) is 2. The quantitative estimate of drug-likeness (QED) is 0.854. The van der Waals surface area contributed by atoms with E-state index < -0.39 is 27.4 Å². The van der Waals surface area contributed by atoms with Gasteiger partial charge in [-0.25, -0.2) is 17.6 Å². The minimum atomic E-state index is -3.98. The van der Waals surface area contributed by atoms with Gasteiger partial charge in [0.25, 0.3) is 10.0 Å². The number of aromatic carboxylic acids is 1. The predicted molar refractivity (Wildman–Crippen MR) is 76.2 cm³/mol. The van der Waals surface area contributed by atoms with Crippen molar-refractivity contribution in [1.82, 2.24) is 0 Å². The Labute approximate surface area is 126 Å². The minimum Gasteiger partial charge on any atom is -0.478 e. The lowest BCUT2D eigenvalue weighted by Crippen LogP contribution is -2.15. The van der Waals surface area contributed by atoms with E-state index in [-0.39, 0.29) is 9.90 Å². The van der Waals surface area contributed by atoms with Gasteiger partial charge in [-0.3, -0.25) is 4.72 Å². The maximum Gasteiger partial charge on any atom is 0.340 e. The average molecular weight is 380 g/mol. The molecule has 2 N–H and O–H groups in total. The van der Waals surface area contributed by atoms with Gasteiger partial charge in [-0.1, -0.05) is 6.07 Å². The van der Waals surface area contributed by atoms with Crippen LogP contribution in [0, 0.1) is 5.82 Å². The second-order valence-corrected chi connectivity index (χ2v) is 7.28. The molecule has 9 heteroatoms. The number of carbonyl (C=O) groups is 1. The molecule has 0 atom stereocenters. The first-order valence-electron chi connectivity index (χ1n) is 5.10. The first-order chi connectivity index (χ1) is 9.33. The van der Waals surface area contributed by atoms with E-state index in [2.05, 4.69) is 20.7 Å². The van der Waals surface area contributed by atoms with Crippen LogP contribution in [0.25, 0.3) is 0 Å². The molecule has 20 heavy (non-hydrogen) atoms. The molecule has 0 saturated carbocycles. The Morgan fingerprint density at radius 1 is 1.35 bits per heavy atom. The molecular weight excluding hydrogens is 373 g/mol. The molecule has 0 aliphatic carbocycles. The first kappa shape index (κ1) is 14.9. The molecule has 0 amide bonds. The Hall–Kier alpha value is -1.45. The van der Waals surface area contributed by atoms with Crippen molar-refractivity contribution in [2.45, 2.75) is 4.21 Å². The zero-order valence-electron chi connectivity index (χ0n) is 9.63. The van der Waals surface area contributed by atoms with Crippen LogP contribution in [0.15, 0.2) is 38.3 Å². The third-order valence-corrected chi connectivity index (χ3v) is 6.34. The van der Waals surface area contributed by atoms with Crippen molar-refractivity contribution in [1.29, 1.82) is 0 Å². The number of sulfonamides is 1. The summed E-state index contributed by atoms with van der Waals surface area (Å²) in [4.78, 5) is 11.0. The summed E-state index contributed by atoms with van der Waals surface area (Å²) >= 11 is 4.03. The lowest BCUT2D eigenvalue weighted by Gasteiger charge is -2.10. The van der Waals surface area contributed by atoms with E-state index in [0.29, 0.717) is 4.47 Å². The molecule has 0 fully saturated rings. The Kier molecular flexibility index (Phi) is 4.11. The van der Waals surface area contributed by atoms with E-state index in [1.165, 1.54) is 12.1 Å². The van der Waals surface area contributed by atoms with Gasteiger partial charge >= 0.3 is 5.97 Å². The van der Waals surface area contributed by atoms with Crippen molar-refractivity contribution in [3.05, 3.63) is 45.5 Å². The zero-order chi connectivity index (χ0) is 14.9. The van der Waals surface area contributed by atoms with Crippen LogP contribution in [0.2, 0.25) is 0 Å². The number of carboxylic acid groups (broad SMARTS) is 1. The Morgan fingerprint density at radius 3 is 2.60 bits per heavy atom. The third-order valence-electron chi connectivity index (χ3n) is 2.30. The van der Waals surface area contributed by atoms with Crippen LogP contribution in [0.4, 0.5) is 10.1 Å². The lowest BCUT2D eigenvalue weighted by atomic mass is 10.2. The monoisotopic (exact) mass is 379 g/mol. The number of anilines is 1. The predicted octanol–water partition coefficient (Wildman–Crippen LogP) is 3.15. The number of benzene rings is 1. The van der Waals surface area contributed by atoms with Gasteiger partial charge in [-0.15, -0.1) is 11.3 Å². The molecule has 0 aliphatic rings. The van der Waals surface area contributed by atoms with E-state index in [9.17, 15) is 17.6 Å². The molecule has 0 bridgehead atoms. The summed E-state index contributed by atoms with van der Waals surface area (Å²) in [5, 5.41) is 10.5. The number of hydrogen-bond acceptors (Lipinski definition) is 4. The van der Waals surface area contributed by atoms with Crippen LogP contribution in [0.1, 0.15) is 10.4 Å². The van der Waals surface area contributed by atoms with E-state index in [4.69, 9.17) is 5.11 Å². The van der Waals surface area contributed by atoms with Crippen LogP contribution in [0.3, 0.4) is 0 Å². The van der Waals surface area contributed by atoms with E-state index in [1.807, 2.05) is 0 Å². The molecule has 0 unspecified atom stereocenters. The topological polar surface area (TPSA) is 83.5 Å². The van der Waals surface area contributed by atoms with E-state index in [1.54, 1.807) is 11.4 Å². The highest BCUT2D eigenvalue weighted by Crippen LogP contribution is 2.30. The van der Waals surface area contributed by atoms with Crippen LogP contribution in [0.5, 0.6) is 0 Å². The van der Waals surface area contributed by atoms with Crippen molar-refractivity contribution in [2.75, 3.05) is 4.72 Å². The summed E-state index contributed by atoms with van der Waals surface area (Å²) in [6, 6.07) is 4.90. The molecule has 0 radical (unpaired) electrons. The van der Waals surface area contributed by atoms with Gasteiger partial charge in [-0.05, 0) is 39.5 Å². The van der Waals surface area contributed by atoms with Crippen LogP contribution in [-0.2, 0) is 10.0 Å². The fourth-order valence-electron chi connectivity index (χ4n) is 1.49. The van der Waals surface area contributed by atoms with Crippen molar-refractivity contribution >= 4 is 48.9 Å². The summed E-state index contributed by atoms with van der Waals surface area (Å²) in [5.41, 5.74) is -1.04. The molecule has 0 saturated heterocycles. The summed E-state index contributed by atoms with van der Waals surface area (Å²) < 4.78 is 40.1. The van der Waals surface area contributed by atoms with Gasteiger partial charge in [0.2, 0.25) is 0 Å². The molecule has 106 valence electrons. The SMILES string of the molecule is O=C(O)c1c(F)cccc1NS(=O)(=O)c1sccc1Br. The molecular formula is C11H7BrFNO4S2. The number of halogens is 2. The zero-order valence-corrected chi connectivity index (χ0v) is 12.9. The highest BCUT2D eigenvalue weighted by atomic mass is 79.9. The maximum absolute atomic E-state index is 13.5. The Balaban J connectivity index is 2.48. The van der Waals surface area contributed by atoms with Gasteiger partial charge in [0.15, 0.2) is 4.21 Å². The first-order valence-corrected chi connectivity index (χ1v) is 8.26. The largest absolute Gasteiger partial charge is 0.478 e. The molecule has 0 aliphatic heterocycles. The molecule has 0 spiro atoms. The number of rotatable bonds is 4. The van der Waals surface area contributed by atoms with Crippen LogP contribution in [-0.4, -0.2) is 19.5 Å². The smallest absolute Gasteiger partial charge is 0.340 e. The van der Waals surface area contributed by atoms with Crippen LogP contribution >= 0.6 is 27.3 Å². The maximum atomic E-state index is 13.5. The lowest BCUT2D eigenvalue weighted by molar-refractivity contribution is 0.0693. The van der Waals surface area contributed by atoms with Crippen molar-refractivity contribution < 1.29 is 22.7 Å². The van der Waals surface area contributed by atoms with Crippen molar-refractivity contribution in [2.24, 2.45) is 0 Å². The number of thiophene rings is 1. The van der Waals surface area contributed by atoms with Gasteiger partial charge < -0.3 is 5.11 Å². The molecule has 1 aromatic heterocycles. The van der Waals surface area contributed by atoms with Gasteiger partial charge in [-0.2, -0.15) is 0 Å². The molecule has 2 rings (SSSR count). The summed E-state index contributed by atoms with van der Waals surface area (Å²) in [7, 11) is -3.98. The van der Waals surface area contributed by atoms with Crippen LogP contribution < -0.4 is 4.72 Å². The third kappa shape index (κ3) is 2.84. The Morgan fingerprint density at radius 2 is 2.05 bits per heavy atom. The highest BCUT2D eigenvalue weighted by molar-refractivity contribution is 9.10. The summed E-state index contributed by atoms with van der Waals surface area (Å²) in [6.07, 6.45) is 0.